The lowest BCUT2D eigenvalue weighted by Crippen LogP contribution is -2.53. The van der Waals surface area contributed by atoms with Crippen LogP contribution in [0.4, 0.5) is 0 Å². The van der Waals surface area contributed by atoms with Gasteiger partial charge < -0.3 is 4.74 Å². The fraction of sp³-hybridized carbons (Fsp3) is 0.818. The second-order valence-electron chi connectivity index (χ2n) is 9.69. The van der Waals surface area contributed by atoms with Gasteiger partial charge in [-0.1, -0.05) is 32.4 Å². The average Bonchev–Trinajstić information content (AvgIpc) is 2.85. The van der Waals surface area contributed by atoms with Crippen molar-refractivity contribution < 1.29 is 14.3 Å². The van der Waals surface area contributed by atoms with Crippen LogP contribution in [0.15, 0.2) is 11.6 Å². The zero-order chi connectivity index (χ0) is 18.0. The second-order valence-corrected chi connectivity index (χ2v) is 9.69. The Bertz CT molecular complexity index is 635. The van der Waals surface area contributed by atoms with E-state index in [1.165, 1.54) is 18.4 Å². The molecule has 0 saturated heterocycles. The highest BCUT2D eigenvalue weighted by Gasteiger charge is 2.60. The fourth-order valence-electron chi connectivity index (χ4n) is 7.18. The Morgan fingerprint density at radius 3 is 2.64 bits per heavy atom. The number of rotatable bonds is 1. The standard InChI is InChI=1S/C22H32O3/c1-13-11-15-12-16(24)7-9-21(15,3)18-8-10-22(4)17(20(13)18)5-6-19(22)25-14(2)23/h11,13,17-20H,5-10,12H2,1-4H3/t13-,17+,18+,19+,20+,21+,22+/m1/s1. The van der Waals surface area contributed by atoms with E-state index in [4.69, 9.17) is 4.74 Å². The smallest absolute Gasteiger partial charge is 0.302 e. The van der Waals surface area contributed by atoms with Crippen LogP contribution in [0.2, 0.25) is 0 Å². The summed E-state index contributed by atoms with van der Waals surface area (Å²) in [4.78, 5) is 23.6. The van der Waals surface area contributed by atoms with Crippen molar-refractivity contribution in [2.75, 3.05) is 0 Å². The third-order valence-corrected chi connectivity index (χ3v) is 8.49. The summed E-state index contributed by atoms with van der Waals surface area (Å²) in [7, 11) is 0. The third kappa shape index (κ3) is 2.44. The molecule has 0 N–H and O–H groups in total. The second kappa shape index (κ2) is 5.69. The maximum atomic E-state index is 12.0. The summed E-state index contributed by atoms with van der Waals surface area (Å²) in [6.45, 7) is 8.69. The minimum Gasteiger partial charge on any atom is -0.462 e. The van der Waals surface area contributed by atoms with Crippen LogP contribution < -0.4 is 0 Å². The van der Waals surface area contributed by atoms with Gasteiger partial charge in [-0.25, -0.2) is 0 Å². The zero-order valence-corrected chi connectivity index (χ0v) is 16.1. The van der Waals surface area contributed by atoms with Crippen molar-refractivity contribution >= 4 is 11.8 Å². The number of carbonyl (C=O) groups excluding carboxylic acids is 2. The van der Waals surface area contributed by atoms with Gasteiger partial charge in [0.2, 0.25) is 0 Å². The number of hydrogen-bond acceptors (Lipinski definition) is 3. The molecule has 0 bridgehead atoms. The van der Waals surface area contributed by atoms with Crippen molar-refractivity contribution in [2.45, 2.75) is 78.7 Å². The molecule has 7 atom stereocenters. The zero-order valence-electron chi connectivity index (χ0n) is 16.1. The van der Waals surface area contributed by atoms with Crippen molar-refractivity contribution in [2.24, 2.45) is 34.5 Å². The van der Waals surface area contributed by atoms with Crippen molar-refractivity contribution in [1.82, 2.24) is 0 Å². The van der Waals surface area contributed by atoms with Gasteiger partial charge in [-0.3, -0.25) is 9.59 Å². The summed E-state index contributed by atoms with van der Waals surface area (Å²) in [5, 5.41) is 0. The van der Waals surface area contributed by atoms with Gasteiger partial charge in [0.15, 0.2) is 0 Å². The lowest BCUT2D eigenvalue weighted by molar-refractivity contribution is -0.157. The molecule has 0 amide bonds. The molecule has 138 valence electrons. The van der Waals surface area contributed by atoms with Crippen molar-refractivity contribution in [1.29, 1.82) is 0 Å². The van der Waals surface area contributed by atoms with Crippen molar-refractivity contribution in [3.63, 3.8) is 0 Å². The Hall–Kier alpha value is -1.12. The summed E-state index contributed by atoms with van der Waals surface area (Å²) >= 11 is 0. The quantitative estimate of drug-likeness (QED) is 0.512. The van der Waals surface area contributed by atoms with E-state index in [1.54, 1.807) is 6.92 Å². The molecule has 3 nitrogen and oxygen atoms in total. The van der Waals surface area contributed by atoms with E-state index >= 15 is 0 Å². The van der Waals surface area contributed by atoms with Gasteiger partial charge in [0.25, 0.3) is 0 Å². The fourth-order valence-corrected chi connectivity index (χ4v) is 7.18. The van der Waals surface area contributed by atoms with Crippen LogP contribution in [0.1, 0.15) is 72.6 Å². The molecule has 3 fully saturated rings. The van der Waals surface area contributed by atoms with E-state index in [2.05, 4.69) is 26.8 Å². The van der Waals surface area contributed by atoms with E-state index in [0.29, 0.717) is 35.9 Å². The summed E-state index contributed by atoms with van der Waals surface area (Å²) < 4.78 is 5.75. The van der Waals surface area contributed by atoms with Crippen LogP contribution in [0.5, 0.6) is 0 Å². The summed E-state index contributed by atoms with van der Waals surface area (Å²) in [5.74, 6) is 2.81. The van der Waals surface area contributed by atoms with Gasteiger partial charge in [-0.05, 0) is 61.2 Å². The molecule has 0 unspecified atom stereocenters. The first kappa shape index (κ1) is 17.3. The minimum absolute atomic E-state index is 0.0919. The Balaban J connectivity index is 1.68. The highest BCUT2D eigenvalue weighted by molar-refractivity contribution is 5.82. The summed E-state index contributed by atoms with van der Waals surface area (Å²) in [6, 6.07) is 0. The molecule has 3 heteroatoms. The van der Waals surface area contributed by atoms with Gasteiger partial charge in [0.1, 0.15) is 11.9 Å². The maximum absolute atomic E-state index is 12.0. The van der Waals surface area contributed by atoms with Crippen LogP contribution in [-0.2, 0) is 14.3 Å². The van der Waals surface area contributed by atoms with E-state index in [-0.39, 0.29) is 22.9 Å². The molecule has 4 aliphatic carbocycles. The van der Waals surface area contributed by atoms with E-state index in [1.807, 2.05) is 0 Å². The Morgan fingerprint density at radius 1 is 1.16 bits per heavy atom. The van der Waals surface area contributed by atoms with Gasteiger partial charge in [-0.2, -0.15) is 0 Å². The lowest BCUT2D eigenvalue weighted by atomic mass is 9.46. The Kier molecular flexibility index (Phi) is 3.94. The molecule has 0 heterocycles. The summed E-state index contributed by atoms with van der Waals surface area (Å²) in [5.41, 5.74) is 1.77. The van der Waals surface area contributed by atoms with Crippen LogP contribution in [-0.4, -0.2) is 17.9 Å². The summed E-state index contributed by atoms with van der Waals surface area (Å²) in [6.07, 6.45) is 9.56. The Labute approximate surface area is 151 Å². The van der Waals surface area contributed by atoms with Crippen LogP contribution in [0, 0.1) is 34.5 Å². The number of hydrogen-bond donors (Lipinski definition) is 0. The molecule has 4 aliphatic rings. The van der Waals surface area contributed by atoms with Crippen LogP contribution >= 0.6 is 0 Å². The van der Waals surface area contributed by atoms with E-state index < -0.39 is 0 Å². The molecule has 3 saturated carbocycles. The van der Waals surface area contributed by atoms with Gasteiger partial charge in [-0.15, -0.1) is 0 Å². The highest BCUT2D eigenvalue weighted by atomic mass is 16.5. The van der Waals surface area contributed by atoms with Crippen LogP contribution in [0.3, 0.4) is 0 Å². The maximum Gasteiger partial charge on any atom is 0.302 e. The molecule has 0 aliphatic heterocycles. The largest absolute Gasteiger partial charge is 0.462 e. The first-order valence-electron chi connectivity index (χ1n) is 10.2. The number of esters is 1. The monoisotopic (exact) mass is 344 g/mol. The van der Waals surface area contributed by atoms with Gasteiger partial charge in [0, 0.05) is 25.2 Å². The number of ether oxygens (including phenoxy) is 1. The molecule has 0 aromatic rings. The predicted molar refractivity (Wildman–Crippen MR) is 96.8 cm³/mol. The number of ketones is 1. The van der Waals surface area contributed by atoms with Crippen LogP contribution in [0.25, 0.3) is 0 Å². The third-order valence-electron chi connectivity index (χ3n) is 8.49. The van der Waals surface area contributed by atoms with Gasteiger partial charge >= 0.3 is 5.97 Å². The molecular formula is C22H32O3. The first-order chi connectivity index (χ1) is 11.8. The number of carbonyl (C=O) groups is 2. The molecule has 4 rings (SSSR count). The van der Waals surface area contributed by atoms with Crippen molar-refractivity contribution in [3.05, 3.63) is 11.6 Å². The normalized spacial score (nSPS) is 48.9. The predicted octanol–water partition coefficient (Wildman–Crippen LogP) is 4.70. The van der Waals surface area contributed by atoms with Crippen molar-refractivity contribution in [3.8, 4) is 0 Å². The Morgan fingerprint density at radius 2 is 1.92 bits per heavy atom. The van der Waals surface area contributed by atoms with Gasteiger partial charge in [0.05, 0.1) is 0 Å². The molecule has 0 aromatic heterocycles. The number of fused-ring (bicyclic) bond motifs is 5. The minimum atomic E-state index is -0.134. The highest BCUT2D eigenvalue weighted by Crippen LogP contribution is 2.66. The molecule has 0 radical (unpaired) electrons. The SMILES string of the molecule is CC(=O)O[C@H]1CC[C@H]2[C@@H]3[C@H](C)C=C4CC(=O)CC[C@]4(C)[C@H]3CC[C@]12C. The average molecular weight is 344 g/mol. The molecule has 0 aromatic carbocycles. The van der Waals surface area contributed by atoms with E-state index in [9.17, 15) is 9.59 Å². The topological polar surface area (TPSA) is 43.4 Å². The number of allylic oxidation sites excluding steroid dienone is 2. The first-order valence-corrected chi connectivity index (χ1v) is 10.2. The number of Topliss-reactive ketones (excluding diaryl/α,β-unsaturated/α-hetero) is 1. The van der Waals surface area contributed by atoms with E-state index in [0.717, 1.165) is 25.7 Å². The molecular weight excluding hydrogens is 312 g/mol. The lowest BCUT2D eigenvalue weighted by Gasteiger charge is -2.58. The molecule has 25 heavy (non-hydrogen) atoms. The molecule has 0 spiro atoms.